The van der Waals surface area contributed by atoms with Gasteiger partial charge in [0.2, 0.25) is 0 Å². The van der Waals surface area contributed by atoms with E-state index in [4.69, 9.17) is 0 Å². The molecule has 0 amide bonds. The lowest BCUT2D eigenvalue weighted by atomic mass is 10.3. The van der Waals surface area contributed by atoms with Crippen LogP contribution < -0.4 is 0 Å². The van der Waals surface area contributed by atoms with E-state index in [0.717, 1.165) is 16.6 Å². The lowest BCUT2D eigenvalue weighted by Crippen LogP contribution is -1.86. The fourth-order valence-corrected chi connectivity index (χ4v) is 1.20. The number of hydrogen-bond acceptors (Lipinski definition) is 2. The molecule has 56 valence electrons. The third-order valence-corrected chi connectivity index (χ3v) is 1.72. The molecule has 0 saturated heterocycles. The molecule has 0 aliphatic heterocycles. The predicted octanol–water partition coefficient (Wildman–Crippen LogP) is 1.28. The molecular formula is C8H9N3. The van der Waals surface area contributed by atoms with Gasteiger partial charge in [-0.05, 0) is 13.0 Å². The molecule has 0 N–H and O–H groups in total. The highest BCUT2D eigenvalue weighted by molar-refractivity contribution is 5.79. The molecule has 2 aromatic heterocycles. The fourth-order valence-electron chi connectivity index (χ4n) is 1.20. The number of aromatic nitrogens is 3. The second kappa shape index (κ2) is 2.05. The van der Waals surface area contributed by atoms with Gasteiger partial charge in [0.15, 0.2) is 0 Å². The summed E-state index contributed by atoms with van der Waals surface area (Å²) in [5.41, 5.74) is 1.98. The minimum absolute atomic E-state index is 0.989. The smallest absolute Gasteiger partial charge is 0.113 e. The van der Waals surface area contributed by atoms with Gasteiger partial charge in [0, 0.05) is 24.8 Å². The van der Waals surface area contributed by atoms with Crippen molar-refractivity contribution in [3.8, 4) is 0 Å². The molecule has 0 fully saturated rings. The molecule has 2 aromatic rings. The van der Waals surface area contributed by atoms with Crippen molar-refractivity contribution in [2.75, 3.05) is 0 Å². The van der Waals surface area contributed by atoms with E-state index in [1.807, 2.05) is 26.2 Å². The Bertz CT molecular complexity index is 389. The van der Waals surface area contributed by atoms with Crippen LogP contribution in [0.4, 0.5) is 0 Å². The largest absolute Gasteiger partial charge is 0.275 e. The van der Waals surface area contributed by atoms with E-state index < -0.39 is 0 Å². The maximum absolute atomic E-state index is 4.27. The van der Waals surface area contributed by atoms with E-state index in [1.165, 1.54) is 0 Å². The van der Waals surface area contributed by atoms with Gasteiger partial charge in [-0.25, -0.2) is 0 Å². The maximum atomic E-state index is 4.27. The van der Waals surface area contributed by atoms with Crippen molar-refractivity contribution < 1.29 is 0 Å². The van der Waals surface area contributed by atoms with E-state index in [1.54, 1.807) is 10.9 Å². The fraction of sp³-hybridized carbons (Fsp3) is 0.250. The maximum Gasteiger partial charge on any atom is 0.113 e. The monoisotopic (exact) mass is 147 g/mol. The Kier molecular flexibility index (Phi) is 1.18. The Morgan fingerprint density at radius 2 is 2.27 bits per heavy atom. The minimum atomic E-state index is 0.989. The van der Waals surface area contributed by atoms with E-state index in [9.17, 15) is 0 Å². The molecule has 3 heteroatoms. The molecular weight excluding hydrogens is 138 g/mol. The zero-order valence-electron chi connectivity index (χ0n) is 6.57. The molecule has 3 nitrogen and oxygen atoms in total. The van der Waals surface area contributed by atoms with Crippen molar-refractivity contribution >= 4 is 10.9 Å². The summed E-state index contributed by atoms with van der Waals surface area (Å²) < 4.78 is 1.80. The summed E-state index contributed by atoms with van der Waals surface area (Å²) in [6, 6.07) is 1.97. The van der Waals surface area contributed by atoms with Gasteiger partial charge in [-0.3, -0.25) is 9.67 Å². The predicted molar refractivity (Wildman–Crippen MR) is 43.2 cm³/mol. The molecule has 0 aliphatic carbocycles. The van der Waals surface area contributed by atoms with Gasteiger partial charge in [0.05, 0.1) is 5.69 Å². The summed E-state index contributed by atoms with van der Waals surface area (Å²) in [5.74, 6) is 0. The summed E-state index contributed by atoms with van der Waals surface area (Å²) in [6.07, 6.45) is 3.80. The Balaban J connectivity index is 2.90. The lowest BCUT2D eigenvalue weighted by Gasteiger charge is -1.89. The van der Waals surface area contributed by atoms with Gasteiger partial charge in [0.1, 0.15) is 5.52 Å². The summed E-state index contributed by atoms with van der Waals surface area (Å²) in [4.78, 5) is 4.14. The topological polar surface area (TPSA) is 30.7 Å². The highest BCUT2D eigenvalue weighted by Gasteiger charge is 1.99. The van der Waals surface area contributed by atoms with Crippen LogP contribution in [0.25, 0.3) is 10.9 Å². The normalized spacial score (nSPS) is 10.7. The number of aryl methyl sites for hydroxylation is 2. The van der Waals surface area contributed by atoms with Crippen LogP contribution in [-0.4, -0.2) is 14.8 Å². The van der Waals surface area contributed by atoms with Gasteiger partial charge in [-0.2, -0.15) is 5.10 Å². The Labute approximate surface area is 64.7 Å². The first-order valence-electron chi connectivity index (χ1n) is 3.52. The number of pyridine rings is 1. The first-order valence-corrected chi connectivity index (χ1v) is 3.52. The molecule has 0 bridgehead atoms. The number of fused-ring (bicyclic) bond motifs is 1. The summed E-state index contributed by atoms with van der Waals surface area (Å²) in [5, 5.41) is 5.42. The van der Waals surface area contributed by atoms with Gasteiger partial charge in [-0.15, -0.1) is 0 Å². The highest BCUT2D eigenvalue weighted by atomic mass is 15.2. The third-order valence-electron chi connectivity index (χ3n) is 1.72. The zero-order valence-corrected chi connectivity index (χ0v) is 6.57. The second-order valence-electron chi connectivity index (χ2n) is 2.64. The average Bonchev–Trinajstić information content (AvgIpc) is 2.31. The van der Waals surface area contributed by atoms with Gasteiger partial charge >= 0.3 is 0 Å². The summed E-state index contributed by atoms with van der Waals surface area (Å²) >= 11 is 0. The lowest BCUT2D eigenvalue weighted by molar-refractivity contribution is 0.778. The molecule has 0 saturated carbocycles. The summed E-state index contributed by atoms with van der Waals surface area (Å²) in [6.45, 7) is 1.97. The van der Waals surface area contributed by atoms with Crippen LogP contribution in [0.2, 0.25) is 0 Å². The van der Waals surface area contributed by atoms with E-state index in [0.29, 0.717) is 0 Å². The quantitative estimate of drug-likeness (QED) is 0.562. The van der Waals surface area contributed by atoms with Crippen LogP contribution in [0.1, 0.15) is 5.69 Å². The molecule has 0 unspecified atom stereocenters. The first-order chi connectivity index (χ1) is 5.27. The van der Waals surface area contributed by atoms with Crippen molar-refractivity contribution in [3.63, 3.8) is 0 Å². The highest BCUT2D eigenvalue weighted by Crippen LogP contribution is 2.12. The number of rotatable bonds is 0. The van der Waals surface area contributed by atoms with Gasteiger partial charge in [-0.1, -0.05) is 0 Å². The van der Waals surface area contributed by atoms with Crippen LogP contribution in [0, 0.1) is 6.92 Å². The minimum Gasteiger partial charge on any atom is -0.275 e. The van der Waals surface area contributed by atoms with Crippen LogP contribution >= 0.6 is 0 Å². The Hall–Kier alpha value is -1.38. The van der Waals surface area contributed by atoms with Crippen molar-refractivity contribution in [2.24, 2.45) is 7.05 Å². The number of hydrogen-bond donors (Lipinski definition) is 0. The molecule has 2 heterocycles. The Morgan fingerprint density at radius 1 is 1.45 bits per heavy atom. The molecule has 0 aromatic carbocycles. The second-order valence-corrected chi connectivity index (χ2v) is 2.64. The van der Waals surface area contributed by atoms with Crippen LogP contribution in [0.5, 0.6) is 0 Å². The van der Waals surface area contributed by atoms with E-state index >= 15 is 0 Å². The number of nitrogens with zero attached hydrogens (tertiary/aromatic N) is 3. The van der Waals surface area contributed by atoms with Crippen molar-refractivity contribution in [1.82, 2.24) is 14.8 Å². The van der Waals surface area contributed by atoms with Gasteiger partial charge < -0.3 is 0 Å². The first kappa shape index (κ1) is 6.34. The molecule has 0 atom stereocenters. The molecule has 0 aliphatic rings. The average molecular weight is 147 g/mol. The SMILES string of the molecule is Cc1nccc2cn(C)nc12. The summed E-state index contributed by atoms with van der Waals surface area (Å²) in [7, 11) is 1.92. The Morgan fingerprint density at radius 3 is 3.00 bits per heavy atom. The van der Waals surface area contributed by atoms with Crippen molar-refractivity contribution in [1.29, 1.82) is 0 Å². The van der Waals surface area contributed by atoms with Crippen molar-refractivity contribution in [3.05, 3.63) is 24.2 Å². The molecule has 11 heavy (non-hydrogen) atoms. The van der Waals surface area contributed by atoms with Crippen LogP contribution in [0.3, 0.4) is 0 Å². The standard InChI is InChI=1S/C8H9N3/c1-6-8-7(3-4-9-6)5-11(2)10-8/h3-5H,1-2H3. The van der Waals surface area contributed by atoms with E-state index in [-0.39, 0.29) is 0 Å². The third kappa shape index (κ3) is 0.888. The van der Waals surface area contributed by atoms with Crippen LogP contribution in [0.15, 0.2) is 18.5 Å². The van der Waals surface area contributed by atoms with Gasteiger partial charge in [0.25, 0.3) is 0 Å². The molecule has 0 spiro atoms. The molecule has 0 radical (unpaired) electrons. The van der Waals surface area contributed by atoms with Crippen LogP contribution in [-0.2, 0) is 7.05 Å². The van der Waals surface area contributed by atoms with E-state index in [2.05, 4.69) is 10.1 Å². The molecule has 2 rings (SSSR count). The van der Waals surface area contributed by atoms with Crippen molar-refractivity contribution in [2.45, 2.75) is 6.92 Å². The zero-order chi connectivity index (χ0) is 7.84.